The summed E-state index contributed by atoms with van der Waals surface area (Å²) < 4.78 is 1.94. The van der Waals surface area contributed by atoms with Gasteiger partial charge in [-0.15, -0.1) is 12.4 Å². The Bertz CT molecular complexity index is 1040. The third-order valence-electron chi connectivity index (χ3n) is 5.05. The zero-order valence-corrected chi connectivity index (χ0v) is 17.1. The van der Waals surface area contributed by atoms with E-state index in [0.717, 1.165) is 59.7 Å². The molecule has 5 nitrogen and oxygen atoms in total. The van der Waals surface area contributed by atoms with Gasteiger partial charge in [0.2, 0.25) is 0 Å². The predicted molar refractivity (Wildman–Crippen MR) is 119 cm³/mol. The van der Waals surface area contributed by atoms with Gasteiger partial charge in [-0.1, -0.05) is 56.3 Å². The summed E-state index contributed by atoms with van der Waals surface area (Å²) in [6.45, 7) is 8.38. The molecule has 0 atom stereocenters. The molecule has 0 radical (unpaired) electrons. The molecule has 28 heavy (non-hydrogen) atoms. The van der Waals surface area contributed by atoms with Crippen molar-refractivity contribution in [3.63, 3.8) is 0 Å². The van der Waals surface area contributed by atoms with Crippen LogP contribution in [0.3, 0.4) is 0 Å². The lowest BCUT2D eigenvalue weighted by atomic mass is 10.1. The van der Waals surface area contributed by atoms with Crippen LogP contribution in [0.15, 0.2) is 60.8 Å². The molecule has 0 aliphatic carbocycles. The molecule has 0 spiro atoms. The van der Waals surface area contributed by atoms with E-state index in [9.17, 15) is 0 Å². The van der Waals surface area contributed by atoms with Gasteiger partial charge in [0, 0.05) is 24.0 Å². The molecule has 1 N–H and O–H groups in total. The standard InChI is InChI=1S/C22H25N5.ClH/c1-3-26(4-2)15-14-23-21-18-12-8-9-13-20(18)27-22(25-21)19(16-24-27)17-10-6-5-7-11-17;/h5-13,16H,3-4,14-15H2,1-2H3,(H,23,25);1H. The van der Waals surface area contributed by atoms with Gasteiger partial charge in [0.1, 0.15) is 5.82 Å². The fourth-order valence-electron chi connectivity index (χ4n) is 3.48. The van der Waals surface area contributed by atoms with Crippen LogP contribution in [0.5, 0.6) is 0 Å². The number of hydrogen-bond acceptors (Lipinski definition) is 4. The van der Waals surface area contributed by atoms with E-state index in [4.69, 9.17) is 4.98 Å². The van der Waals surface area contributed by atoms with Crippen LogP contribution < -0.4 is 5.32 Å². The largest absolute Gasteiger partial charge is 0.368 e. The van der Waals surface area contributed by atoms with Crippen LogP contribution in [0.25, 0.3) is 27.7 Å². The van der Waals surface area contributed by atoms with Gasteiger partial charge < -0.3 is 10.2 Å². The summed E-state index contributed by atoms with van der Waals surface area (Å²) in [5, 5.41) is 9.26. The lowest BCUT2D eigenvalue weighted by molar-refractivity contribution is 0.316. The van der Waals surface area contributed by atoms with E-state index in [-0.39, 0.29) is 12.4 Å². The summed E-state index contributed by atoms with van der Waals surface area (Å²) in [6.07, 6.45) is 1.91. The first kappa shape index (κ1) is 20.1. The van der Waals surface area contributed by atoms with Crippen LogP contribution in [0.2, 0.25) is 0 Å². The van der Waals surface area contributed by atoms with E-state index in [1.165, 1.54) is 0 Å². The predicted octanol–water partition coefficient (Wildman–Crippen LogP) is 4.73. The van der Waals surface area contributed by atoms with Gasteiger partial charge in [0.05, 0.1) is 11.7 Å². The maximum Gasteiger partial charge on any atom is 0.165 e. The number of nitrogens with one attached hydrogen (secondary N) is 1. The highest BCUT2D eigenvalue weighted by molar-refractivity contribution is 5.93. The normalized spacial score (nSPS) is 11.1. The average molecular weight is 396 g/mol. The van der Waals surface area contributed by atoms with Crippen LogP contribution in [0.4, 0.5) is 5.82 Å². The molecule has 146 valence electrons. The Balaban J connectivity index is 0.00000225. The summed E-state index contributed by atoms with van der Waals surface area (Å²) in [6, 6.07) is 18.6. The molecule has 0 saturated carbocycles. The minimum atomic E-state index is 0. The first-order valence-corrected chi connectivity index (χ1v) is 9.60. The fourth-order valence-corrected chi connectivity index (χ4v) is 3.48. The third kappa shape index (κ3) is 3.81. The second-order valence-electron chi connectivity index (χ2n) is 6.59. The molecule has 4 rings (SSSR count). The molecular weight excluding hydrogens is 370 g/mol. The topological polar surface area (TPSA) is 45.5 Å². The number of fused-ring (bicyclic) bond motifs is 3. The number of anilines is 1. The molecule has 0 aliphatic rings. The van der Waals surface area contributed by atoms with Gasteiger partial charge in [-0.2, -0.15) is 5.10 Å². The van der Waals surface area contributed by atoms with Gasteiger partial charge in [-0.25, -0.2) is 9.50 Å². The zero-order chi connectivity index (χ0) is 18.6. The maximum atomic E-state index is 4.96. The minimum absolute atomic E-state index is 0. The van der Waals surface area contributed by atoms with Gasteiger partial charge in [-0.05, 0) is 30.8 Å². The third-order valence-corrected chi connectivity index (χ3v) is 5.05. The van der Waals surface area contributed by atoms with E-state index in [2.05, 4.69) is 53.4 Å². The average Bonchev–Trinajstić information content (AvgIpc) is 3.16. The lowest BCUT2D eigenvalue weighted by Crippen LogP contribution is -2.28. The zero-order valence-electron chi connectivity index (χ0n) is 16.3. The molecule has 0 aliphatic heterocycles. The second kappa shape index (κ2) is 9.04. The number of likely N-dealkylation sites (N-methyl/N-ethyl adjacent to an activating group) is 1. The van der Waals surface area contributed by atoms with E-state index in [1.54, 1.807) is 0 Å². The van der Waals surface area contributed by atoms with Gasteiger partial charge in [0.15, 0.2) is 5.65 Å². The fraction of sp³-hybridized carbons (Fsp3) is 0.273. The first-order chi connectivity index (χ1) is 13.3. The molecule has 0 bridgehead atoms. The molecule has 4 aromatic rings. The monoisotopic (exact) mass is 395 g/mol. The summed E-state index contributed by atoms with van der Waals surface area (Å²) in [7, 11) is 0. The Morgan fingerprint density at radius 2 is 1.68 bits per heavy atom. The number of para-hydroxylation sites is 1. The molecule has 0 saturated heterocycles. The number of rotatable bonds is 7. The summed E-state index contributed by atoms with van der Waals surface area (Å²) in [5.74, 6) is 0.919. The van der Waals surface area contributed by atoms with Crippen LogP contribution in [0.1, 0.15) is 13.8 Å². The summed E-state index contributed by atoms with van der Waals surface area (Å²) >= 11 is 0. The summed E-state index contributed by atoms with van der Waals surface area (Å²) in [4.78, 5) is 7.36. The SMILES string of the molecule is CCN(CC)CCNc1nc2c(-c3ccccc3)cnn2c2ccccc12.Cl. The lowest BCUT2D eigenvalue weighted by Gasteiger charge is -2.18. The van der Waals surface area contributed by atoms with Crippen molar-refractivity contribution in [2.45, 2.75) is 13.8 Å². The molecule has 6 heteroatoms. The molecule has 2 aromatic carbocycles. The Hall–Kier alpha value is -2.63. The quantitative estimate of drug-likeness (QED) is 0.491. The molecular formula is C22H26ClN5. The maximum absolute atomic E-state index is 4.96. The van der Waals surface area contributed by atoms with Crippen molar-refractivity contribution in [1.29, 1.82) is 0 Å². The van der Waals surface area contributed by atoms with E-state index >= 15 is 0 Å². The molecule has 0 unspecified atom stereocenters. The van der Waals surface area contributed by atoms with E-state index in [1.807, 2.05) is 41.0 Å². The number of benzene rings is 2. The summed E-state index contributed by atoms with van der Waals surface area (Å²) in [5.41, 5.74) is 4.12. The van der Waals surface area contributed by atoms with Gasteiger partial charge in [0.25, 0.3) is 0 Å². The van der Waals surface area contributed by atoms with Crippen molar-refractivity contribution in [2.75, 3.05) is 31.5 Å². The van der Waals surface area contributed by atoms with Crippen LogP contribution in [-0.4, -0.2) is 45.7 Å². The van der Waals surface area contributed by atoms with E-state index in [0.29, 0.717) is 0 Å². The molecule has 0 fully saturated rings. The van der Waals surface area contributed by atoms with Crippen LogP contribution in [-0.2, 0) is 0 Å². The van der Waals surface area contributed by atoms with Gasteiger partial charge >= 0.3 is 0 Å². The van der Waals surface area contributed by atoms with E-state index < -0.39 is 0 Å². The number of hydrogen-bond donors (Lipinski definition) is 1. The highest BCUT2D eigenvalue weighted by Crippen LogP contribution is 2.29. The van der Waals surface area contributed by atoms with Gasteiger partial charge in [-0.3, -0.25) is 0 Å². The van der Waals surface area contributed by atoms with Crippen molar-refractivity contribution >= 4 is 34.8 Å². The molecule has 0 amide bonds. The van der Waals surface area contributed by atoms with Crippen LogP contribution >= 0.6 is 12.4 Å². The van der Waals surface area contributed by atoms with Crippen molar-refractivity contribution in [2.24, 2.45) is 0 Å². The Labute approximate surface area is 171 Å². The molecule has 2 heterocycles. The second-order valence-corrected chi connectivity index (χ2v) is 6.59. The number of nitrogens with zero attached hydrogens (tertiary/aromatic N) is 4. The Kier molecular flexibility index (Phi) is 6.49. The van der Waals surface area contributed by atoms with Crippen molar-refractivity contribution in [3.05, 3.63) is 60.8 Å². The van der Waals surface area contributed by atoms with Crippen molar-refractivity contribution in [3.8, 4) is 11.1 Å². The number of aromatic nitrogens is 3. The van der Waals surface area contributed by atoms with Crippen LogP contribution in [0, 0.1) is 0 Å². The minimum Gasteiger partial charge on any atom is -0.368 e. The Morgan fingerprint density at radius 1 is 0.964 bits per heavy atom. The van der Waals surface area contributed by atoms with Crippen molar-refractivity contribution < 1.29 is 0 Å². The smallest absolute Gasteiger partial charge is 0.165 e. The van der Waals surface area contributed by atoms with Crippen molar-refractivity contribution in [1.82, 2.24) is 19.5 Å². The molecule has 2 aromatic heterocycles. The first-order valence-electron chi connectivity index (χ1n) is 9.60. The number of halogens is 1. The Morgan fingerprint density at radius 3 is 2.43 bits per heavy atom. The highest BCUT2D eigenvalue weighted by atomic mass is 35.5. The highest BCUT2D eigenvalue weighted by Gasteiger charge is 2.14.